The molecule has 0 radical (unpaired) electrons. The molecule has 0 saturated heterocycles. The molecule has 2 aromatic rings. The summed E-state index contributed by atoms with van der Waals surface area (Å²) >= 11 is 0. The monoisotopic (exact) mass is 428 g/mol. The van der Waals surface area contributed by atoms with Gasteiger partial charge in [0.25, 0.3) is 0 Å². The van der Waals surface area contributed by atoms with Crippen molar-refractivity contribution in [2.75, 3.05) is 6.54 Å². The van der Waals surface area contributed by atoms with E-state index < -0.39 is 6.04 Å². The third kappa shape index (κ3) is 6.19. The van der Waals surface area contributed by atoms with Crippen LogP contribution in [0.2, 0.25) is 0 Å². The molecule has 0 bridgehead atoms. The van der Waals surface area contributed by atoms with E-state index in [2.05, 4.69) is 21.0 Å². The van der Waals surface area contributed by atoms with Crippen molar-refractivity contribution in [2.45, 2.75) is 65.2 Å². The second kappa shape index (κ2) is 10.8. The Morgan fingerprint density at radius 1 is 1.13 bits per heavy atom. The molecule has 0 aliphatic carbocycles. The van der Waals surface area contributed by atoms with E-state index in [0.29, 0.717) is 26.1 Å². The minimum Gasteiger partial charge on any atom is -0.354 e. The van der Waals surface area contributed by atoms with E-state index in [1.54, 1.807) is 4.57 Å². The Bertz CT molecular complexity index is 934. The molecule has 1 aromatic carbocycles. The lowest BCUT2D eigenvalue weighted by Crippen LogP contribution is -2.52. The van der Waals surface area contributed by atoms with Gasteiger partial charge in [-0.05, 0) is 30.7 Å². The van der Waals surface area contributed by atoms with Gasteiger partial charge in [-0.1, -0.05) is 44.2 Å². The van der Waals surface area contributed by atoms with Crippen LogP contribution in [0.3, 0.4) is 0 Å². The van der Waals surface area contributed by atoms with Crippen LogP contribution in [-0.2, 0) is 30.8 Å². The summed E-state index contributed by atoms with van der Waals surface area (Å²) in [6.07, 6.45) is 3.51. The van der Waals surface area contributed by atoms with Crippen LogP contribution in [0, 0.1) is 5.92 Å². The summed E-state index contributed by atoms with van der Waals surface area (Å²) in [6, 6.07) is 8.56. The summed E-state index contributed by atoms with van der Waals surface area (Å²) in [4.78, 5) is 37.2. The molecule has 0 saturated carbocycles. The van der Waals surface area contributed by atoms with E-state index in [1.807, 2.05) is 44.2 Å². The summed E-state index contributed by atoms with van der Waals surface area (Å²) < 4.78 is 3.23. The molecule has 1 aromatic heterocycles. The molecule has 2 heterocycles. The Morgan fingerprint density at radius 2 is 1.90 bits per heavy atom. The van der Waals surface area contributed by atoms with Crippen LogP contribution in [0.15, 0.2) is 35.1 Å². The standard InChI is InChI=1S/C22H32N6O3/c1-16(2)19(25-21(30)24-15-17-9-4-3-5-10-17)20(29)23-12-8-14-28-22(31)27-13-7-6-11-18(27)26-28/h3-5,9-10,16,19H,6-8,11-15H2,1-2H3,(H,23,29)(H2,24,25,30). The zero-order valence-corrected chi connectivity index (χ0v) is 18.3. The normalized spacial score (nSPS) is 14.0. The van der Waals surface area contributed by atoms with Crippen LogP contribution in [-0.4, -0.2) is 38.9 Å². The van der Waals surface area contributed by atoms with Gasteiger partial charge in [0.1, 0.15) is 11.9 Å². The average Bonchev–Trinajstić information content (AvgIpc) is 3.09. The van der Waals surface area contributed by atoms with E-state index in [0.717, 1.165) is 37.2 Å². The number of fused-ring (bicyclic) bond motifs is 1. The first-order chi connectivity index (χ1) is 15.0. The zero-order valence-electron chi connectivity index (χ0n) is 18.3. The fourth-order valence-corrected chi connectivity index (χ4v) is 3.65. The molecular formula is C22H32N6O3. The predicted molar refractivity (Wildman–Crippen MR) is 117 cm³/mol. The second-order valence-corrected chi connectivity index (χ2v) is 8.21. The molecule has 0 spiro atoms. The van der Waals surface area contributed by atoms with Crippen LogP contribution in [0.25, 0.3) is 0 Å². The number of rotatable bonds is 9. The molecule has 3 amide bonds. The van der Waals surface area contributed by atoms with E-state index in [9.17, 15) is 14.4 Å². The van der Waals surface area contributed by atoms with Gasteiger partial charge in [-0.15, -0.1) is 0 Å². The SMILES string of the molecule is CC(C)C(NC(=O)NCc1ccccc1)C(=O)NCCCn1nc2n(c1=O)CCCC2. The molecule has 1 aliphatic heterocycles. The molecule has 0 fully saturated rings. The third-order valence-electron chi connectivity index (χ3n) is 5.41. The van der Waals surface area contributed by atoms with Crippen LogP contribution < -0.4 is 21.6 Å². The number of amides is 3. The number of urea groups is 1. The largest absolute Gasteiger partial charge is 0.354 e. The minimum absolute atomic E-state index is 0.0649. The van der Waals surface area contributed by atoms with Crippen molar-refractivity contribution in [3.8, 4) is 0 Å². The fraction of sp³-hybridized carbons (Fsp3) is 0.545. The van der Waals surface area contributed by atoms with E-state index in [-0.39, 0.29) is 23.5 Å². The molecule has 1 aliphatic rings. The number of carbonyl (C=O) groups is 2. The second-order valence-electron chi connectivity index (χ2n) is 8.21. The van der Waals surface area contributed by atoms with E-state index in [1.165, 1.54) is 4.68 Å². The molecular weight excluding hydrogens is 396 g/mol. The minimum atomic E-state index is -0.640. The molecule has 9 nitrogen and oxygen atoms in total. The summed E-state index contributed by atoms with van der Waals surface area (Å²) in [5.74, 6) is 0.553. The highest BCUT2D eigenvalue weighted by Gasteiger charge is 2.24. The Labute approximate surface area is 182 Å². The van der Waals surface area contributed by atoms with Gasteiger partial charge in [0.15, 0.2) is 0 Å². The average molecular weight is 429 g/mol. The summed E-state index contributed by atoms with van der Waals surface area (Å²) in [7, 11) is 0. The van der Waals surface area contributed by atoms with Gasteiger partial charge in [-0.2, -0.15) is 5.10 Å². The van der Waals surface area contributed by atoms with E-state index in [4.69, 9.17) is 0 Å². The van der Waals surface area contributed by atoms with Crippen molar-refractivity contribution in [3.05, 3.63) is 52.2 Å². The van der Waals surface area contributed by atoms with Crippen molar-refractivity contribution in [1.82, 2.24) is 30.3 Å². The van der Waals surface area contributed by atoms with Gasteiger partial charge < -0.3 is 16.0 Å². The van der Waals surface area contributed by atoms with Gasteiger partial charge in [0.05, 0.1) is 0 Å². The predicted octanol–water partition coefficient (Wildman–Crippen LogP) is 1.41. The van der Waals surface area contributed by atoms with Crippen molar-refractivity contribution in [2.24, 2.45) is 5.92 Å². The van der Waals surface area contributed by atoms with Crippen molar-refractivity contribution >= 4 is 11.9 Å². The van der Waals surface area contributed by atoms with Crippen LogP contribution in [0.1, 0.15) is 44.5 Å². The topological polar surface area (TPSA) is 110 Å². The first-order valence-electron chi connectivity index (χ1n) is 11.0. The molecule has 3 rings (SSSR count). The smallest absolute Gasteiger partial charge is 0.345 e. The summed E-state index contributed by atoms with van der Waals surface area (Å²) in [6.45, 7) is 5.76. The quantitative estimate of drug-likeness (QED) is 0.525. The van der Waals surface area contributed by atoms with Crippen molar-refractivity contribution < 1.29 is 9.59 Å². The molecule has 1 unspecified atom stereocenters. The number of nitrogens with zero attached hydrogens (tertiary/aromatic N) is 3. The Hall–Kier alpha value is -3.10. The van der Waals surface area contributed by atoms with E-state index >= 15 is 0 Å². The number of benzene rings is 1. The molecule has 168 valence electrons. The number of aryl methyl sites for hydroxylation is 2. The number of aromatic nitrogens is 3. The molecule has 31 heavy (non-hydrogen) atoms. The summed E-state index contributed by atoms with van der Waals surface area (Å²) in [5.41, 5.74) is 0.914. The highest BCUT2D eigenvalue weighted by atomic mass is 16.2. The first-order valence-corrected chi connectivity index (χ1v) is 11.0. The summed E-state index contributed by atoms with van der Waals surface area (Å²) in [5, 5.41) is 12.8. The number of hydrogen-bond donors (Lipinski definition) is 3. The van der Waals surface area contributed by atoms with Gasteiger partial charge in [-0.3, -0.25) is 9.36 Å². The number of hydrogen-bond acceptors (Lipinski definition) is 4. The molecule has 1 atom stereocenters. The Kier molecular flexibility index (Phi) is 7.86. The van der Waals surface area contributed by atoms with Gasteiger partial charge >= 0.3 is 11.7 Å². The van der Waals surface area contributed by atoms with Crippen LogP contribution in [0.4, 0.5) is 4.79 Å². The maximum Gasteiger partial charge on any atom is 0.345 e. The van der Waals surface area contributed by atoms with Crippen molar-refractivity contribution in [3.63, 3.8) is 0 Å². The van der Waals surface area contributed by atoms with Gasteiger partial charge in [0.2, 0.25) is 5.91 Å². The lowest BCUT2D eigenvalue weighted by molar-refractivity contribution is -0.123. The first kappa shape index (κ1) is 22.6. The number of carbonyl (C=O) groups excluding carboxylic acids is 2. The molecule has 9 heteroatoms. The zero-order chi connectivity index (χ0) is 22.2. The van der Waals surface area contributed by atoms with Gasteiger partial charge in [0, 0.05) is 32.6 Å². The van der Waals surface area contributed by atoms with Crippen LogP contribution >= 0.6 is 0 Å². The Morgan fingerprint density at radius 3 is 2.61 bits per heavy atom. The van der Waals surface area contributed by atoms with Gasteiger partial charge in [-0.25, -0.2) is 14.3 Å². The van der Waals surface area contributed by atoms with Crippen LogP contribution in [0.5, 0.6) is 0 Å². The fourth-order valence-electron chi connectivity index (χ4n) is 3.65. The number of nitrogens with one attached hydrogen (secondary N) is 3. The maximum absolute atomic E-state index is 12.6. The Balaban J connectivity index is 1.43. The highest BCUT2D eigenvalue weighted by Crippen LogP contribution is 2.09. The highest BCUT2D eigenvalue weighted by molar-refractivity contribution is 5.87. The maximum atomic E-state index is 12.6. The third-order valence-corrected chi connectivity index (χ3v) is 5.41. The molecule has 3 N–H and O–H groups in total. The lowest BCUT2D eigenvalue weighted by atomic mass is 10.0. The lowest BCUT2D eigenvalue weighted by Gasteiger charge is -2.22. The van der Waals surface area contributed by atoms with Crippen molar-refractivity contribution in [1.29, 1.82) is 0 Å².